The summed E-state index contributed by atoms with van der Waals surface area (Å²) in [5.74, 6) is -0.147. The van der Waals surface area contributed by atoms with Gasteiger partial charge in [-0.3, -0.25) is 4.79 Å². The summed E-state index contributed by atoms with van der Waals surface area (Å²) in [6, 6.07) is 0. The van der Waals surface area contributed by atoms with Crippen LogP contribution < -0.4 is 5.73 Å². The van der Waals surface area contributed by atoms with E-state index in [4.69, 9.17) is 15.2 Å². The molecule has 0 unspecified atom stereocenters. The van der Waals surface area contributed by atoms with E-state index in [1.165, 1.54) is 11.3 Å². The van der Waals surface area contributed by atoms with Crippen LogP contribution in [0, 0.1) is 0 Å². The van der Waals surface area contributed by atoms with Gasteiger partial charge in [-0.2, -0.15) is 0 Å². The van der Waals surface area contributed by atoms with E-state index in [1.807, 2.05) is 19.2 Å². The lowest BCUT2D eigenvalue weighted by molar-refractivity contribution is -0.174. The zero-order valence-electron chi connectivity index (χ0n) is 11.1. The molecule has 3 heterocycles. The minimum atomic E-state index is -0.473. The number of nitrogen functional groups attached to an aromatic ring is 1. The molecular formula is C13H18N2O3S. The van der Waals surface area contributed by atoms with Crippen molar-refractivity contribution >= 4 is 22.4 Å². The Bertz CT molecular complexity index is 514. The van der Waals surface area contributed by atoms with Crippen LogP contribution in [0.3, 0.4) is 0 Å². The standard InChI is InChI=1S/C13H18N2O3S/c1-12(2)7-13(3-4-17-12)8(5-10(16)18-13)9-6-19-11(14)15-9/h6,8H,3-5,7H2,1-2H3,(H2,14,15)/t8-,13-/m0/s1. The number of anilines is 1. The Morgan fingerprint density at radius 3 is 2.95 bits per heavy atom. The van der Waals surface area contributed by atoms with Crippen LogP contribution in [-0.4, -0.2) is 28.8 Å². The van der Waals surface area contributed by atoms with Gasteiger partial charge in [0.25, 0.3) is 0 Å². The first-order valence-corrected chi connectivity index (χ1v) is 7.35. The lowest BCUT2D eigenvalue weighted by atomic mass is 9.74. The number of nitrogens with two attached hydrogens (primary N) is 1. The molecule has 1 aromatic heterocycles. The molecule has 0 bridgehead atoms. The van der Waals surface area contributed by atoms with Crippen LogP contribution in [0.4, 0.5) is 5.13 Å². The Kier molecular flexibility index (Phi) is 2.83. The van der Waals surface area contributed by atoms with Gasteiger partial charge in [-0.25, -0.2) is 4.98 Å². The van der Waals surface area contributed by atoms with Gasteiger partial charge in [-0.1, -0.05) is 0 Å². The number of aromatic nitrogens is 1. The van der Waals surface area contributed by atoms with Crippen LogP contribution in [0.25, 0.3) is 0 Å². The van der Waals surface area contributed by atoms with Gasteiger partial charge in [0.1, 0.15) is 5.60 Å². The van der Waals surface area contributed by atoms with Gasteiger partial charge >= 0.3 is 5.97 Å². The van der Waals surface area contributed by atoms with Crippen LogP contribution in [0.1, 0.15) is 44.7 Å². The van der Waals surface area contributed by atoms with Crippen molar-refractivity contribution in [3.63, 3.8) is 0 Å². The number of hydrogen-bond donors (Lipinski definition) is 1. The van der Waals surface area contributed by atoms with Gasteiger partial charge in [-0.15, -0.1) is 11.3 Å². The lowest BCUT2D eigenvalue weighted by Crippen LogP contribution is -2.48. The van der Waals surface area contributed by atoms with E-state index >= 15 is 0 Å². The van der Waals surface area contributed by atoms with Gasteiger partial charge in [-0.05, 0) is 13.8 Å². The Morgan fingerprint density at radius 1 is 1.53 bits per heavy atom. The van der Waals surface area contributed by atoms with Crippen LogP contribution in [0.5, 0.6) is 0 Å². The second-order valence-electron chi connectivity index (χ2n) is 5.94. The van der Waals surface area contributed by atoms with Crippen molar-refractivity contribution in [2.75, 3.05) is 12.3 Å². The van der Waals surface area contributed by atoms with Gasteiger partial charge in [0.2, 0.25) is 0 Å². The summed E-state index contributed by atoms with van der Waals surface area (Å²) in [5.41, 5.74) is 5.84. The molecule has 19 heavy (non-hydrogen) atoms. The number of ether oxygens (including phenoxy) is 2. The molecule has 2 N–H and O–H groups in total. The number of hydrogen-bond acceptors (Lipinski definition) is 6. The topological polar surface area (TPSA) is 74.4 Å². The number of rotatable bonds is 1. The number of esters is 1. The molecule has 6 heteroatoms. The summed E-state index contributed by atoms with van der Waals surface area (Å²) in [6.45, 7) is 4.68. The Morgan fingerprint density at radius 2 is 2.32 bits per heavy atom. The van der Waals surface area contributed by atoms with Crippen LogP contribution in [0.15, 0.2) is 5.38 Å². The highest BCUT2D eigenvalue weighted by Gasteiger charge is 2.55. The predicted octanol–water partition coefficient (Wildman–Crippen LogP) is 2.08. The van der Waals surface area contributed by atoms with Gasteiger partial charge in [0.15, 0.2) is 5.13 Å². The quantitative estimate of drug-likeness (QED) is 0.798. The third-order valence-electron chi connectivity index (χ3n) is 3.96. The van der Waals surface area contributed by atoms with Crippen molar-refractivity contribution < 1.29 is 14.3 Å². The van der Waals surface area contributed by atoms with E-state index in [0.29, 0.717) is 24.6 Å². The second-order valence-corrected chi connectivity index (χ2v) is 6.83. The van der Waals surface area contributed by atoms with E-state index < -0.39 is 5.60 Å². The molecule has 2 saturated heterocycles. The van der Waals surface area contributed by atoms with E-state index in [-0.39, 0.29) is 17.5 Å². The van der Waals surface area contributed by atoms with Crippen molar-refractivity contribution in [2.24, 2.45) is 0 Å². The highest BCUT2D eigenvalue weighted by molar-refractivity contribution is 7.13. The highest BCUT2D eigenvalue weighted by atomic mass is 32.1. The Labute approximate surface area is 116 Å². The number of carbonyl (C=O) groups excluding carboxylic acids is 1. The molecule has 1 aromatic rings. The maximum atomic E-state index is 11.8. The summed E-state index contributed by atoms with van der Waals surface area (Å²) >= 11 is 1.41. The molecule has 5 nitrogen and oxygen atoms in total. The molecular weight excluding hydrogens is 264 g/mol. The van der Waals surface area contributed by atoms with Crippen LogP contribution >= 0.6 is 11.3 Å². The van der Waals surface area contributed by atoms with Crippen molar-refractivity contribution in [3.05, 3.63) is 11.1 Å². The first kappa shape index (κ1) is 12.9. The zero-order valence-corrected chi connectivity index (χ0v) is 12.0. The van der Waals surface area contributed by atoms with Crippen molar-refractivity contribution in [1.29, 1.82) is 0 Å². The largest absolute Gasteiger partial charge is 0.458 e. The van der Waals surface area contributed by atoms with E-state index in [2.05, 4.69) is 4.98 Å². The fourth-order valence-electron chi connectivity index (χ4n) is 3.27. The number of nitrogens with zero attached hydrogens (tertiary/aromatic N) is 1. The molecule has 0 saturated carbocycles. The molecule has 0 aliphatic carbocycles. The molecule has 2 fully saturated rings. The predicted molar refractivity (Wildman–Crippen MR) is 72.0 cm³/mol. The van der Waals surface area contributed by atoms with Crippen molar-refractivity contribution in [1.82, 2.24) is 4.98 Å². The molecule has 1 spiro atoms. The molecule has 104 valence electrons. The fraction of sp³-hybridized carbons (Fsp3) is 0.692. The highest BCUT2D eigenvalue weighted by Crippen LogP contribution is 2.50. The zero-order chi connectivity index (χ0) is 13.7. The van der Waals surface area contributed by atoms with Gasteiger partial charge < -0.3 is 15.2 Å². The average Bonchev–Trinajstić information content (AvgIpc) is 2.82. The maximum absolute atomic E-state index is 11.8. The molecule has 0 radical (unpaired) electrons. The fourth-order valence-corrected chi connectivity index (χ4v) is 3.89. The monoisotopic (exact) mass is 282 g/mol. The Hall–Kier alpha value is -1.14. The maximum Gasteiger partial charge on any atom is 0.307 e. The summed E-state index contributed by atoms with van der Waals surface area (Å²) < 4.78 is 11.4. The average molecular weight is 282 g/mol. The minimum Gasteiger partial charge on any atom is -0.458 e. The summed E-state index contributed by atoms with van der Waals surface area (Å²) in [4.78, 5) is 16.1. The van der Waals surface area contributed by atoms with Crippen molar-refractivity contribution in [3.8, 4) is 0 Å². The molecule has 0 aromatic carbocycles. The van der Waals surface area contributed by atoms with Gasteiger partial charge in [0, 0.05) is 18.2 Å². The minimum absolute atomic E-state index is 0.00303. The molecule has 2 aliphatic rings. The summed E-state index contributed by atoms with van der Waals surface area (Å²) in [6.07, 6.45) is 1.82. The first-order valence-electron chi connectivity index (χ1n) is 6.47. The lowest BCUT2D eigenvalue weighted by Gasteiger charge is -2.43. The van der Waals surface area contributed by atoms with Crippen molar-refractivity contribution in [2.45, 2.75) is 50.2 Å². The Balaban J connectivity index is 1.96. The first-order chi connectivity index (χ1) is 8.90. The molecule has 2 atom stereocenters. The van der Waals surface area contributed by atoms with Crippen LogP contribution in [0.2, 0.25) is 0 Å². The second kappa shape index (κ2) is 4.18. The molecule has 3 rings (SSSR count). The van der Waals surface area contributed by atoms with Gasteiger partial charge in [0.05, 0.1) is 30.2 Å². The third kappa shape index (κ3) is 2.23. The van der Waals surface area contributed by atoms with E-state index in [0.717, 1.165) is 12.1 Å². The van der Waals surface area contributed by atoms with E-state index in [9.17, 15) is 4.79 Å². The summed E-state index contributed by atoms with van der Waals surface area (Å²) in [7, 11) is 0. The SMILES string of the molecule is CC1(C)C[C@]2(CCO1)OC(=O)C[C@H]2c1csc(N)n1. The molecule has 0 amide bonds. The normalized spacial score (nSPS) is 33.6. The van der Waals surface area contributed by atoms with Crippen LogP contribution in [-0.2, 0) is 14.3 Å². The number of carbonyl (C=O) groups is 1. The third-order valence-corrected chi connectivity index (χ3v) is 4.65. The summed E-state index contributed by atoms with van der Waals surface area (Å²) in [5, 5.41) is 2.47. The molecule has 2 aliphatic heterocycles. The smallest absolute Gasteiger partial charge is 0.307 e. The number of thiazole rings is 1. The van der Waals surface area contributed by atoms with E-state index in [1.54, 1.807) is 0 Å².